The molecule has 1 rings (SSSR count). The van der Waals surface area contributed by atoms with Crippen molar-refractivity contribution in [3.05, 3.63) is 29.8 Å². The first-order valence-electron chi connectivity index (χ1n) is 3.95. The maximum absolute atomic E-state index is 11.7. The zero-order chi connectivity index (χ0) is 10.6. The van der Waals surface area contributed by atoms with Gasteiger partial charge in [-0.25, -0.2) is 8.78 Å². The number of carbonyl (C=O) groups excluding carboxylic acids is 1. The second kappa shape index (κ2) is 4.95. The van der Waals surface area contributed by atoms with Gasteiger partial charge in [-0.2, -0.15) is 0 Å². The topological polar surface area (TPSA) is 29.1 Å². The van der Waals surface area contributed by atoms with Crippen LogP contribution in [0.1, 0.15) is 10.4 Å². The molecule has 1 aromatic carbocycles. The van der Waals surface area contributed by atoms with E-state index in [1.165, 1.54) is 12.1 Å². The molecule has 1 N–H and O–H groups in total. The fraction of sp³-hybridized carbons (Fsp3) is 0.222. The number of hydrogen-bond donors (Lipinski definition) is 2. The van der Waals surface area contributed by atoms with Gasteiger partial charge in [0, 0.05) is 10.5 Å². The predicted octanol–water partition coefficient (Wildman–Crippen LogP) is 1.97. The summed E-state index contributed by atoms with van der Waals surface area (Å²) >= 11 is 4.03. The van der Waals surface area contributed by atoms with Crippen LogP contribution in [0.5, 0.6) is 0 Å². The van der Waals surface area contributed by atoms with Crippen molar-refractivity contribution in [2.75, 3.05) is 6.54 Å². The SMILES string of the molecule is O=C(NCC(F)F)c1ccc(S)cc1. The molecule has 76 valence electrons. The number of thiol groups is 1. The molecule has 1 amide bonds. The summed E-state index contributed by atoms with van der Waals surface area (Å²) in [6, 6.07) is 6.31. The maximum Gasteiger partial charge on any atom is 0.255 e. The number of rotatable bonds is 3. The number of carbonyl (C=O) groups is 1. The molecule has 1 aromatic rings. The zero-order valence-electron chi connectivity index (χ0n) is 7.21. The molecule has 5 heteroatoms. The Morgan fingerprint density at radius 2 is 1.93 bits per heavy atom. The molecule has 0 saturated carbocycles. The summed E-state index contributed by atoms with van der Waals surface area (Å²) in [5.74, 6) is -0.501. The van der Waals surface area contributed by atoms with Crippen molar-refractivity contribution in [3.63, 3.8) is 0 Å². The molecule has 0 spiro atoms. The van der Waals surface area contributed by atoms with Crippen molar-refractivity contribution in [3.8, 4) is 0 Å². The number of amides is 1. The van der Waals surface area contributed by atoms with Gasteiger partial charge in [0.15, 0.2) is 0 Å². The standard InChI is InChI=1S/C9H9F2NOS/c10-8(11)5-12-9(13)6-1-3-7(14)4-2-6/h1-4,8,14H,5H2,(H,12,13). The third-order valence-corrected chi connectivity index (χ3v) is 1.84. The van der Waals surface area contributed by atoms with Crippen LogP contribution in [0, 0.1) is 0 Å². The van der Waals surface area contributed by atoms with Crippen molar-refractivity contribution in [2.45, 2.75) is 11.3 Å². The van der Waals surface area contributed by atoms with E-state index in [2.05, 4.69) is 17.9 Å². The normalized spacial score (nSPS) is 10.3. The molecule has 0 atom stereocenters. The molecule has 0 saturated heterocycles. The highest BCUT2D eigenvalue weighted by Gasteiger charge is 2.07. The summed E-state index contributed by atoms with van der Waals surface area (Å²) in [6.45, 7) is -0.624. The van der Waals surface area contributed by atoms with Crippen molar-refractivity contribution in [1.82, 2.24) is 5.32 Å². The van der Waals surface area contributed by atoms with E-state index < -0.39 is 18.9 Å². The van der Waals surface area contributed by atoms with E-state index in [0.29, 0.717) is 5.56 Å². The largest absolute Gasteiger partial charge is 0.346 e. The van der Waals surface area contributed by atoms with Gasteiger partial charge < -0.3 is 5.32 Å². The minimum Gasteiger partial charge on any atom is -0.346 e. The molecule has 2 nitrogen and oxygen atoms in total. The molecule has 0 fully saturated rings. The maximum atomic E-state index is 11.7. The quantitative estimate of drug-likeness (QED) is 0.745. The van der Waals surface area contributed by atoms with E-state index in [-0.39, 0.29) is 0 Å². The van der Waals surface area contributed by atoms with Gasteiger partial charge >= 0.3 is 0 Å². The molecule has 0 unspecified atom stereocenters. The summed E-state index contributed by atoms with van der Waals surface area (Å²) in [7, 11) is 0. The first-order chi connectivity index (χ1) is 6.59. The number of hydrogen-bond acceptors (Lipinski definition) is 2. The Morgan fingerprint density at radius 1 is 1.36 bits per heavy atom. The molecule has 0 aliphatic heterocycles. The lowest BCUT2D eigenvalue weighted by Gasteiger charge is -2.03. The Kier molecular flexibility index (Phi) is 3.88. The van der Waals surface area contributed by atoms with Gasteiger partial charge in [-0.05, 0) is 24.3 Å². The molecule has 0 heterocycles. The smallest absolute Gasteiger partial charge is 0.255 e. The molecular formula is C9H9F2NOS. The minimum atomic E-state index is -2.52. The van der Waals surface area contributed by atoms with E-state index in [0.717, 1.165) is 4.90 Å². The summed E-state index contributed by atoms with van der Waals surface area (Å²) in [5, 5.41) is 2.10. The van der Waals surface area contributed by atoms with Gasteiger partial charge in [-0.3, -0.25) is 4.79 Å². The number of alkyl halides is 2. The zero-order valence-corrected chi connectivity index (χ0v) is 8.10. The lowest BCUT2D eigenvalue weighted by molar-refractivity contribution is 0.0891. The average molecular weight is 217 g/mol. The number of halogens is 2. The van der Waals surface area contributed by atoms with Crippen LogP contribution < -0.4 is 5.32 Å². The van der Waals surface area contributed by atoms with Crippen LogP contribution in [0.2, 0.25) is 0 Å². The number of nitrogens with one attached hydrogen (secondary N) is 1. The van der Waals surface area contributed by atoms with Crippen LogP contribution in [-0.4, -0.2) is 18.9 Å². The Labute approximate surface area is 85.7 Å². The van der Waals surface area contributed by atoms with Crippen LogP contribution >= 0.6 is 12.6 Å². The van der Waals surface area contributed by atoms with Crippen LogP contribution in [0.4, 0.5) is 8.78 Å². The molecule has 0 radical (unpaired) electrons. The first kappa shape index (κ1) is 11.0. The molecule has 0 bridgehead atoms. The van der Waals surface area contributed by atoms with Crippen LogP contribution in [0.25, 0.3) is 0 Å². The summed E-state index contributed by atoms with van der Waals surface area (Å²) in [5.41, 5.74) is 0.350. The highest BCUT2D eigenvalue weighted by Crippen LogP contribution is 2.07. The van der Waals surface area contributed by atoms with Crippen LogP contribution in [0.3, 0.4) is 0 Å². The van der Waals surface area contributed by atoms with Gasteiger partial charge in [0.25, 0.3) is 12.3 Å². The lowest BCUT2D eigenvalue weighted by atomic mass is 10.2. The number of benzene rings is 1. The molecule has 0 aliphatic carbocycles. The average Bonchev–Trinajstić information content (AvgIpc) is 2.15. The highest BCUT2D eigenvalue weighted by atomic mass is 32.1. The third-order valence-electron chi connectivity index (χ3n) is 1.55. The van der Waals surface area contributed by atoms with Gasteiger partial charge in [-0.15, -0.1) is 12.6 Å². The van der Waals surface area contributed by atoms with E-state index in [1.54, 1.807) is 12.1 Å². The van der Waals surface area contributed by atoms with Crippen molar-refractivity contribution >= 4 is 18.5 Å². The van der Waals surface area contributed by atoms with Crippen molar-refractivity contribution < 1.29 is 13.6 Å². The van der Waals surface area contributed by atoms with Crippen LogP contribution in [-0.2, 0) is 0 Å². The van der Waals surface area contributed by atoms with Crippen molar-refractivity contribution in [2.24, 2.45) is 0 Å². The minimum absolute atomic E-state index is 0.350. The predicted molar refractivity (Wildman–Crippen MR) is 52.0 cm³/mol. The monoisotopic (exact) mass is 217 g/mol. The second-order valence-corrected chi connectivity index (χ2v) is 3.16. The van der Waals surface area contributed by atoms with Crippen LogP contribution in [0.15, 0.2) is 29.2 Å². The van der Waals surface area contributed by atoms with E-state index >= 15 is 0 Å². The summed E-state index contributed by atoms with van der Waals surface area (Å²) in [6.07, 6.45) is -2.52. The Hall–Kier alpha value is -1.10. The lowest BCUT2D eigenvalue weighted by Crippen LogP contribution is -2.28. The molecule has 0 aromatic heterocycles. The molecular weight excluding hydrogens is 208 g/mol. The Bertz CT molecular complexity index is 313. The summed E-state index contributed by atoms with van der Waals surface area (Å²) < 4.78 is 23.5. The van der Waals surface area contributed by atoms with Gasteiger partial charge in [-0.1, -0.05) is 0 Å². The summed E-state index contributed by atoms with van der Waals surface area (Å²) in [4.78, 5) is 11.9. The van der Waals surface area contributed by atoms with Crippen molar-refractivity contribution in [1.29, 1.82) is 0 Å². The fourth-order valence-electron chi connectivity index (χ4n) is 0.885. The highest BCUT2D eigenvalue weighted by molar-refractivity contribution is 7.80. The van der Waals surface area contributed by atoms with E-state index in [4.69, 9.17) is 0 Å². The van der Waals surface area contributed by atoms with Gasteiger partial charge in [0.2, 0.25) is 0 Å². The molecule has 14 heavy (non-hydrogen) atoms. The fourth-order valence-corrected chi connectivity index (χ4v) is 1.03. The third kappa shape index (κ3) is 3.33. The molecule has 0 aliphatic rings. The van der Waals surface area contributed by atoms with E-state index in [1.807, 2.05) is 0 Å². The van der Waals surface area contributed by atoms with Gasteiger partial charge in [0.1, 0.15) is 0 Å². The first-order valence-corrected chi connectivity index (χ1v) is 4.39. The Balaban J connectivity index is 2.57. The Morgan fingerprint density at radius 3 is 2.43 bits per heavy atom. The van der Waals surface area contributed by atoms with E-state index in [9.17, 15) is 13.6 Å². The second-order valence-electron chi connectivity index (χ2n) is 2.65. The van der Waals surface area contributed by atoms with Gasteiger partial charge in [0.05, 0.1) is 6.54 Å².